The zero-order valence-electron chi connectivity index (χ0n) is 15.0. The van der Waals surface area contributed by atoms with Crippen LogP contribution in [-0.2, 0) is 9.53 Å². The van der Waals surface area contributed by atoms with Crippen LogP contribution in [-0.4, -0.2) is 35.4 Å². The van der Waals surface area contributed by atoms with Gasteiger partial charge in [-0.1, -0.05) is 39.8 Å². The van der Waals surface area contributed by atoms with E-state index in [2.05, 4.69) is 26.3 Å². The highest BCUT2D eigenvalue weighted by Gasteiger charge is 2.34. The number of esters is 1. The number of nitrogens with zero attached hydrogens (tertiary/aromatic N) is 3. The summed E-state index contributed by atoms with van der Waals surface area (Å²) < 4.78 is 5.60. The van der Waals surface area contributed by atoms with E-state index in [1.165, 1.54) is 18.9 Å². The Hall–Kier alpha value is -2.65. The third-order valence-electron chi connectivity index (χ3n) is 4.39. The first kappa shape index (κ1) is 18.7. The Bertz CT molecular complexity index is 1130. The molecule has 2 aliphatic heterocycles. The maximum atomic E-state index is 12.8. The first-order valence-electron chi connectivity index (χ1n) is 8.31. The van der Waals surface area contributed by atoms with E-state index in [9.17, 15) is 9.59 Å². The normalized spacial score (nSPS) is 17.8. The molecule has 2 aliphatic rings. The van der Waals surface area contributed by atoms with Crippen molar-refractivity contribution in [2.75, 3.05) is 13.4 Å². The molecule has 2 aromatic carbocycles. The number of benzene rings is 2. The molecule has 0 saturated carbocycles. The Morgan fingerprint density at radius 1 is 1.25 bits per heavy atom. The van der Waals surface area contributed by atoms with E-state index in [4.69, 9.17) is 9.73 Å². The molecule has 4 rings (SSSR count). The van der Waals surface area contributed by atoms with Crippen LogP contribution < -0.4 is 15.9 Å². The van der Waals surface area contributed by atoms with Crippen LogP contribution in [0.4, 0.5) is 0 Å². The summed E-state index contributed by atoms with van der Waals surface area (Å²) in [5.74, 6) is -0.639. The number of amides is 1. The van der Waals surface area contributed by atoms with Crippen LogP contribution in [0.3, 0.4) is 0 Å². The number of amidine groups is 1. The second-order valence-corrected chi connectivity index (χ2v) is 7.75. The molecule has 1 amide bonds. The van der Waals surface area contributed by atoms with Crippen molar-refractivity contribution >= 4 is 50.4 Å². The fraction of sp³-hybridized carbons (Fsp3) is 0.158. The summed E-state index contributed by atoms with van der Waals surface area (Å²) in [4.78, 5) is 29.3. The fourth-order valence-corrected chi connectivity index (χ4v) is 3.80. The van der Waals surface area contributed by atoms with Crippen molar-refractivity contribution in [1.29, 1.82) is 0 Å². The van der Waals surface area contributed by atoms with Crippen molar-refractivity contribution in [3.8, 4) is 0 Å². The number of carbonyl (C=O) groups excluding carboxylic acids is 2. The molecule has 0 radical (unpaired) electrons. The lowest BCUT2D eigenvalue weighted by Gasteiger charge is -2.34. The summed E-state index contributed by atoms with van der Waals surface area (Å²) in [6.07, 6.45) is 1.32. The van der Waals surface area contributed by atoms with Crippen LogP contribution in [0.2, 0.25) is 0 Å². The molecule has 0 saturated heterocycles. The number of rotatable bonds is 2. The topological polar surface area (TPSA) is 83.4 Å². The number of hydrazone groups is 1. The van der Waals surface area contributed by atoms with Crippen molar-refractivity contribution in [3.63, 3.8) is 0 Å². The molecule has 142 valence electrons. The third-order valence-corrected chi connectivity index (χ3v) is 5.46. The van der Waals surface area contributed by atoms with Gasteiger partial charge in [-0.2, -0.15) is 0 Å². The number of halogens is 1. The molecule has 2 heterocycles. The number of ether oxygens (including phenoxy) is 1. The van der Waals surface area contributed by atoms with Crippen molar-refractivity contribution in [2.45, 2.75) is 6.17 Å². The largest absolute Gasteiger partial charge is 0.465 e. The van der Waals surface area contributed by atoms with Crippen molar-refractivity contribution in [1.82, 2.24) is 10.3 Å². The number of methoxy groups -OCH3 is 1. The molecule has 0 unspecified atom stereocenters. The second-order valence-electron chi connectivity index (χ2n) is 6.03. The van der Waals surface area contributed by atoms with Crippen LogP contribution >= 0.6 is 27.7 Å². The van der Waals surface area contributed by atoms with Gasteiger partial charge in [-0.25, -0.2) is 9.80 Å². The van der Waals surface area contributed by atoms with Crippen LogP contribution in [0.25, 0.3) is 5.70 Å². The predicted molar refractivity (Wildman–Crippen MR) is 110 cm³/mol. The zero-order valence-corrected chi connectivity index (χ0v) is 17.4. The third kappa shape index (κ3) is 3.20. The van der Waals surface area contributed by atoms with Crippen molar-refractivity contribution in [2.24, 2.45) is 10.1 Å². The maximum Gasteiger partial charge on any atom is 0.337 e. The van der Waals surface area contributed by atoms with Gasteiger partial charge in [-0.15, -0.1) is 5.10 Å². The van der Waals surface area contributed by atoms with Crippen LogP contribution in [0.5, 0.6) is 0 Å². The highest BCUT2D eigenvalue weighted by Crippen LogP contribution is 2.30. The lowest BCUT2D eigenvalue weighted by atomic mass is 10.1. The molecule has 0 fully saturated rings. The molecule has 9 heteroatoms. The molecule has 2 aromatic rings. The highest BCUT2D eigenvalue weighted by atomic mass is 79.9. The summed E-state index contributed by atoms with van der Waals surface area (Å²) in [6, 6.07) is 12.5. The lowest BCUT2D eigenvalue weighted by Crippen LogP contribution is -2.50. The van der Waals surface area contributed by atoms with E-state index >= 15 is 0 Å². The Labute approximate surface area is 173 Å². The average molecular weight is 459 g/mol. The molecule has 1 atom stereocenters. The van der Waals surface area contributed by atoms with Gasteiger partial charge in [0.05, 0.1) is 18.0 Å². The number of nitrogens with one attached hydrogen (secondary N) is 1. The van der Waals surface area contributed by atoms with Crippen molar-refractivity contribution in [3.05, 3.63) is 68.6 Å². The molecule has 7 nitrogen and oxygen atoms in total. The minimum atomic E-state index is -0.524. The van der Waals surface area contributed by atoms with Gasteiger partial charge >= 0.3 is 5.97 Å². The summed E-state index contributed by atoms with van der Waals surface area (Å²) in [5, 5.41) is 10.9. The molecular formula is C19H15BrN4O3S. The number of hydrogen-bond donors (Lipinski definition) is 1. The first-order valence-corrected chi connectivity index (χ1v) is 10.3. The maximum absolute atomic E-state index is 12.8. The smallest absolute Gasteiger partial charge is 0.337 e. The Morgan fingerprint density at radius 3 is 2.68 bits per heavy atom. The van der Waals surface area contributed by atoms with Gasteiger partial charge in [-0.05, 0) is 42.2 Å². The molecule has 0 aromatic heterocycles. The van der Waals surface area contributed by atoms with Gasteiger partial charge < -0.3 is 4.74 Å². The van der Waals surface area contributed by atoms with E-state index in [1.54, 1.807) is 29.3 Å². The van der Waals surface area contributed by atoms with Gasteiger partial charge in [0.1, 0.15) is 5.70 Å². The highest BCUT2D eigenvalue weighted by molar-refractivity contribution is 9.10. The molecule has 0 aliphatic carbocycles. The fourth-order valence-electron chi connectivity index (χ4n) is 3.07. The van der Waals surface area contributed by atoms with Crippen LogP contribution in [0.15, 0.2) is 57.0 Å². The summed E-state index contributed by atoms with van der Waals surface area (Å²) in [6.45, 7) is 0. The quantitative estimate of drug-likeness (QED) is 0.692. The van der Waals surface area contributed by atoms with Gasteiger partial charge in [0.2, 0.25) is 0 Å². The average Bonchev–Trinajstić information content (AvgIpc) is 2.72. The minimum Gasteiger partial charge on any atom is -0.465 e. The zero-order chi connectivity index (χ0) is 19.8. The molecular weight excluding hydrogens is 444 g/mol. The monoisotopic (exact) mass is 458 g/mol. The van der Waals surface area contributed by atoms with E-state index < -0.39 is 12.1 Å². The Kier molecular flexibility index (Phi) is 4.94. The number of fused-ring (bicyclic) bond motifs is 2. The van der Waals surface area contributed by atoms with Gasteiger partial charge in [-0.3, -0.25) is 15.1 Å². The van der Waals surface area contributed by atoms with Crippen LogP contribution in [0, 0.1) is 0 Å². The SMILES string of the molecule is COC(=O)c1ccc([C@@H]2N=c3ccc(Br)cc3=C3C(=O)NC(SC)=NN32)cc1. The lowest BCUT2D eigenvalue weighted by molar-refractivity contribution is -0.116. The molecule has 0 spiro atoms. The minimum absolute atomic E-state index is 0.232. The van der Waals surface area contributed by atoms with E-state index in [1.807, 2.05) is 24.5 Å². The number of thioether (sulfide) groups is 1. The van der Waals surface area contributed by atoms with Gasteiger partial charge in [0, 0.05) is 9.69 Å². The standard InChI is InChI=1S/C19H15BrN4O3S/c1-27-18(26)11-5-3-10(4-6-11)16-21-14-8-7-12(20)9-13(14)15-17(25)22-19(28-2)23-24(15)16/h3-9,16H,1-2H3,(H,22,23,25)/t16-/m1/s1. The molecule has 0 bridgehead atoms. The first-order chi connectivity index (χ1) is 13.5. The summed E-state index contributed by atoms with van der Waals surface area (Å²) in [5.41, 5.74) is 1.68. The van der Waals surface area contributed by atoms with E-state index in [-0.39, 0.29) is 5.91 Å². The van der Waals surface area contributed by atoms with Gasteiger partial charge in [0.25, 0.3) is 5.91 Å². The second kappa shape index (κ2) is 7.40. The van der Waals surface area contributed by atoms with Gasteiger partial charge in [0.15, 0.2) is 11.3 Å². The Morgan fingerprint density at radius 2 is 2.00 bits per heavy atom. The van der Waals surface area contributed by atoms with Crippen molar-refractivity contribution < 1.29 is 14.3 Å². The Balaban J connectivity index is 1.89. The number of carbonyl (C=O) groups is 2. The number of hydrogen-bond acceptors (Lipinski definition) is 7. The summed E-state index contributed by atoms with van der Waals surface area (Å²) in [7, 11) is 1.34. The molecule has 28 heavy (non-hydrogen) atoms. The predicted octanol–water partition coefficient (Wildman–Crippen LogP) is 1.74. The van der Waals surface area contributed by atoms with Crippen LogP contribution in [0.1, 0.15) is 22.1 Å². The van der Waals surface area contributed by atoms with E-state index in [0.717, 1.165) is 10.0 Å². The summed E-state index contributed by atoms with van der Waals surface area (Å²) >= 11 is 4.80. The van der Waals surface area contributed by atoms with E-state index in [0.29, 0.717) is 27.0 Å². The molecule has 1 N–H and O–H groups in total.